The number of nitrogens with zero attached hydrogens (tertiary/aromatic N) is 3. The van der Waals surface area contributed by atoms with Crippen LogP contribution in [0.5, 0.6) is 0 Å². The second kappa shape index (κ2) is 10.5. The third-order valence-corrected chi connectivity index (χ3v) is 6.31. The largest absolute Gasteiger partial charge is 0.379 e. The standard InChI is InChI=1S/C21H29ClF2N4O2S/c1-21(23,24)16-12-15(13-18(31)20(25)29)19(17(22)14-16)28-6-4-26(5-7-28)2-3-27-8-10-30-11-9-27/h12-14,31H,2-11H2,1H3,(H2,25,29)/b18-13-. The van der Waals surface area contributed by atoms with Crippen molar-refractivity contribution in [2.45, 2.75) is 12.8 Å². The Labute approximate surface area is 192 Å². The van der Waals surface area contributed by atoms with Crippen LogP contribution in [-0.4, -0.2) is 81.3 Å². The Morgan fingerprint density at radius 2 is 1.74 bits per heavy atom. The molecule has 2 fully saturated rings. The van der Waals surface area contributed by atoms with E-state index < -0.39 is 11.8 Å². The van der Waals surface area contributed by atoms with E-state index in [1.807, 2.05) is 0 Å². The summed E-state index contributed by atoms with van der Waals surface area (Å²) in [6, 6.07) is 2.65. The van der Waals surface area contributed by atoms with Crippen LogP contribution in [0.2, 0.25) is 5.02 Å². The molecule has 6 nitrogen and oxygen atoms in total. The van der Waals surface area contributed by atoms with Gasteiger partial charge in [-0.1, -0.05) is 11.6 Å². The molecule has 0 saturated carbocycles. The molecular formula is C21H29ClF2N4O2S. The molecule has 1 aromatic rings. The minimum atomic E-state index is -3.06. The van der Waals surface area contributed by atoms with Gasteiger partial charge in [-0.2, -0.15) is 0 Å². The molecule has 0 unspecified atom stereocenters. The fourth-order valence-electron chi connectivity index (χ4n) is 3.84. The summed E-state index contributed by atoms with van der Waals surface area (Å²) in [5, 5.41) is 0.220. The Bertz CT molecular complexity index is 820. The minimum Gasteiger partial charge on any atom is -0.379 e. The van der Waals surface area contributed by atoms with E-state index in [1.54, 1.807) is 0 Å². The number of nitrogens with two attached hydrogens (primary N) is 1. The molecule has 172 valence electrons. The predicted molar refractivity (Wildman–Crippen MR) is 123 cm³/mol. The van der Waals surface area contributed by atoms with E-state index in [0.29, 0.717) is 24.3 Å². The molecule has 31 heavy (non-hydrogen) atoms. The molecule has 2 N–H and O–H groups in total. The van der Waals surface area contributed by atoms with Crippen LogP contribution in [-0.2, 0) is 15.5 Å². The molecule has 1 aromatic carbocycles. The molecule has 2 heterocycles. The zero-order valence-electron chi connectivity index (χ0n) is 17.6. The first-order chi connectivity index (χ1) is 14.6. The summed E-state index contributed by atoms with van der Waals surface area (Å²) in [6.07, 6.45) is 1.41. The summed E-state index contributed by atoms with van der Waals surface area (Å²) < 4.78 is 33.3. The zero-order valence-corrected chi connectivity index (χ0v) is 19.3. The number of rotatable bonds is 7. The summed E-state index contributed by atoms with van der Waals surface area (Å²) in [4.78, 5) is 18.3. The van der Waals surface area contributed by atoms with E-state index in [1.165, 1.54) is 18.2 Å². The van der Waals surface area contributed by atoms with Crippen LogP contribution in [0, 0.1) is 0 Å². The average Bonchev–Trinajstić information content (AvgIpc) is 2.72. The summed E-state index contributed by atoms with van der Waals surface area (Å²) in [7, 11) is 0. The number of anilines is 1. The molecular weight excluding hydrogens is 446 g/mol. The van der Waals surface area contributed by atoms with Crippen LogP contribution in [0.25, 0.3) is 6.08 Å². The van der Waals surface area contributed by atoms with E-state index in [4.69, 9.17) is 22.1 Å². The third kappa shape index (κ3) is 6.55. The lowest BCUT2D eigenvalue weighted by atomic mass is 10.0. The van der Waals surface area contributed by atoms with Gasteiger partial charge in [-0.15, -0.1) is 12.6 Å². The van der Waals surface area contributed by atoms with Crippen LogP contribution in [0.3, 0.4) is 0 Å². The number of thiol groups is 1. The fraction of sp³-hybridized carbons (Fsp3) is 0.571. The van der Waals surface area contributed by atoms with Crippen LogP contribution in [0.15, 0.2) is 17.0 Å². The smallest absolute Gasteiger partial charge is 0.270 e. The van der Waals surface area contributed by atoms with Crippen molar-refractivity contribution in [1.82, 2.24) is 9.80 Å². The SMILES string of the molecule is CC(F)(F)c1cc(Cl)c(N2CCN(CCN3CCOCC3)CC2)c(/C=C(\S)C(N)=O)c1. The van der Waals surface area contributed by atoms with Crippen molar-refractivity contribution in [1.29, 1.82) is 0 Å². The van der Waals surface area contributed by atoms with Gasteiger partial charge in [0, 0.05) is 70.4 Å². The molecule has 0 spiro atoms. The van der Waals surface area contributed by atoms with Gasteiger partial charge in [0.05, 0.1) is 28.8 Å². The topological polar surface area (TPSA) is 62.0 Å². The van der Waals surface area contributed by atoms with Gasteiger partial charge in [0.1, 0.15) is 0 Å². The van der Waals surface area contributed by atoms with E-state index in [0.717, 1.165) is 59.4 Å². The molecule has 2 aliphatic heterocycles. The number of benzene rings is 1. The minimum absolute atomic E-state index is 0.0157. The molecule has 0 radical (unpaired) electrons. The van der Waals surface area contributed by atoms with Crippen molar-refractivity contribution in [3.63, 3.8) is 0 Å². The van der Waals surface area contributed by atoms with Crippen molar-refractivity contribution in [2.75, 3.05) is 70.5 Å². The molecule has 3 rings (SSSR count). The molecule has 1 amide bonds. The zero-order chi connectivity index (χ0) is 22.6. The highest BCUT2D eigenvalue weighted by Gasteiger charge is 2.29. The fourth-order valence-corrected chi connectivity index (χ4v) is 4.32. The number of alkyl halides is 2. The number of morpholine rings is 1. The van der Waals surface area contributed by atoms with Gasteiger partial charge < -0.3 is 15.4 Å². The number of ether oxygens (including phenoxy) is 1. The molecule has 0 bridgehead atoms. The first-order valence-corrected chi connectivity index (χ1v) is 11.2. The highest BCUT2D eigenvalue weighted by Crippen LogP contribution is 2.38. The van der Waals surface area contributed by atoms with Crippen molar-refractivity contribution < 1.29 is 18.3 Å². The van der Waals surface area contributed by atoms with E-state index in [2.05, 4.69) is 27.3 Å². The Morgan fingerprint density at radius 1 is 1.16 bits per heavy atom. The molecule has 0 aliphatic carbocycles. The molecule has 0 aromatic heterocycles. The first kappa shape index (κ1) is 24.3. The predicted octanol–water partition coefficient (Wildman–Crippen LogP) is 2.66. The van der Waals surface area contributed by atoms with E-state index in [-0.39, 0.29) is 15.5 Å². The van der Waals surface area contributed by atoms with Gasteiger partial charge in [0.25, 0.3) is 11.8 Å². The summed E-state index contributed by atoms with van der Waals surface area (Å²) in [6.45, 7) is 9.34. The van der Waals surface area contributed by atoms with Crippen molar-refractivity contribution in [3.05, 3.63) is 33.2 Å². The molecule has 2 saturated heterocycles. The summed E-state index contributed by atoms with van der Waals surface area (Å²) in [5.41, 5.74) is 6.10. The molecule has 0 atom stereocenters. The molecule has 2 aliphatic rings. The Hall–Kier alpha value is -1.39. The average molecular weight is 475 g/mol. The lowest BCUT2D eigenvalue weighted by Gasteiger charge is -2.38. The lowest BCUT2D eigenvalue weighted by molar-refractivity contribution is -0.113. The normalized spacial score (nSPS) is 19.6. The number of hydrogen-bond donors (Lipinski definition) is 2. The van der Waals surface area contributed by atoms with Crippen molar-refractivity contribution >= 4 is 41.9 Å². The highest BCUT2D eigenvalue weighted by molar-refractivity contribution is 7.85. The first-order valence-electron chi connectivity index (χ1n) is 10.3. The third-order valence-electron chi connectivity index (χ3n) is 5.67. The number of carbonyl (C=O) groups is 1. The Balaban J connectivity index is 1.74. The number of halogens is 3. The Morgan fingerprint density at radius 3 is 2.29 bits per heavy atom. The number of piperazine rings is 1. The maximum Gasteiger partial charge on any atom is 0.270 e. The second-order valence-corrected chi connectivity index (χ2v) is 8.85. The van der Waals surface area contributed by atoms with E-state index >= 15 is 0 Å². The summed E-state index contributed by atoms with van der Waals surface area (Å²) >= 11 is 10.6. The second-order valence-electron chi connectivity index (χ2n) is 7.96. The van der Waals surface area contributed by atoms with Crippen LogP contribution in [0.1, 0.15) is 18.1 Å². The van der Waals surface area contributed by atoms with Gasteiger partial charge in [-0.25, -0.2) is 8.78 Å². The number of carbonyl (C=O) groups excluding carboxylic acids is 1. The van der Waals surface area contributed by atoms with Gasteiger partial charge in [0.2, 0.25) is 0 Å². The van der Waals surface area contributed by atoms with Crippen LogP contribution in [0.4, 0.5) is 14.5 Å². The van der Waals surface area contributed by atoms with Crippen LogP contribution >= 0.6 is 24.2 Å². The monoisotopic (exact) mass is 474 g/mol. The number of primary amides is 1. The molecule has 10 heteroatoms. The highest BCUT2D eigenvalue weighted by atomic mass is 35.5. The summed E-state index contributed by atoms with van der Waals surface area (Å²) in [5.74, 6) is -3.79. The number of amides is 1. The van der Waals surface area contributed by atoms with E-state index in [9.17, 15) is 13.6 Å². The maximum absolute atomic E-state index is 14.0. The van der Waals surface area contributed by atoms with Gasteiger partial charge >= 0.3 is 0 Å². The van der Waals surface area contributed by atoms with Crippen molar-refractivity contribution in [3.8, 4) is 0 Å². The maximum atomic E-state index is 14.0. The number of hydrogen-bond acceptors (Lipinski definition) is 6. The van der Waals surface area contributed by atoms with Gasteiger partial charge in [-0.05, 0) is 18.2 Å². The van der Waals surface area contributed by atoms with Crippen molar-refractivity contribution in [2.24, 2.45) is 5.73 Å². The van der Waals surface area contributed by atoms with Gasteiger partial charge in [0.15, 0.2) is 0 Å². The quantitative estimate of drug-likeness (QED) is 0.470. The Kier molecular flexibility index (Phi) is 8.20. The lowest BCUT2D eigenvalue weighted by Crippen LogP contribution is -2.49. The van der Waals surface area contributed by atoms with Gasteiger partial charge in [-0.3, -0.25) is 14.6 Å². The van der Waals surface area contributed by atoms with Crippen LogP contribution < -0.4 is 10.6 Å².